The average Bonchev–Trinajstić information content (AvgIpc) is 3.21. The van der Waals surface area contributed by atoms with E-state index < -0.39 is 28.6 Å². The molecule has 1 aromatic carbocycles. The van der Waals surface area contributed by atoms with Crippen molar-refractivity contribution < 1.29 is 22.7 Å². The number of hydrogen-bond donors (Lipinski definition) is 0. The Hall–Kier alpha value is -2.15. The second kappa shape index (κ2) is 5.44. The van der Waals surface area contributed by atoms with Crippen LogP contribution in [0.25, 0.3) is 0 Å². The highest BCUT2D eigenvalue weighted by Crippen LogP contribution is 2.54. The predicted molar refractivity (Wildman–Crippen MR) is 84.7 cm³/mol. The van der Waals surface area contributed by atoms with Gasteiger partial charge in [0.25, 0.3) is 15.9 Å². The minimum Gasteiger partial charge on any atom is -0.443 e. The van der Waals surface area contributed by atoms with Crippen molar-refractivity contribution in [2.24, 2.45) is 11.8 Å². The molecule has 126 valence electrons. The average molecular weight is 347 g/mol. The molecular weight excluding hydrogens is 330 g/mol. The van der Waals surface area contributed by atoms with E-state index in [1.54, 1.807) is 24.3 Å². The summed E-state index contributed by atoms with van der Waals surface area (Å²) in [4.78, 5) is 24.6. The van der Waals surface area contributed by atoms with Crippen LogP contribution in [0.2, 0.25) is 0 Å². The number of sulfonamides is 1. The molecule has 0 spiro atoms. The smallest absolute Gasteiger partial charge is 0.312 e. The number of carbonyl (C=O) groups excluding carboxylic acids is 2. The van der Waals surface area contributed by atoms with Crippen molar-refractivity contribution in [2.75, 3.05) is 6.73 Å². The van der Waals surface area contributed by atoms with Crippen molar-refractivity contribution in [2.45, 2.75) is 25.7 Å². The van der Waals surface area contributed by atoms with Gasteiger partial charge in [0.15, 0.2) is 6.73 Å². The molecule has 2 unspecified atom stereocenters. The topological polar surface area (TPSA) is 80.8 Å². The summed E-state index contributed by atoms with van der Waals surface area (Å²) in [6.07, 6.45) is 2.49. The van der Waals surface area contributed by atoms with Crippen LogP contribution >= 0.6 is 0 Å². The number of nitrogens with zero attached hydrogens (tertiary/aromatic N) is 1. The number of esters is 1. The first kappa shape index (κ1) is 15.4. The maximum atomic E-state index is 12.6. The number of ether oxygens (including phenoxy) is 1. The van der Waals surface area contributed by atoms with E-state index in [0.29, 0.717) is 9.88 Å². The Morgan fingerprint density at radius 1 is 1.17 bits per heavy atom. The van der Waals surface area contributed by atoms with Gasteiger partial charge in [0.05, 0.1) is 11.3 Å². The molecule has 2 atom stereocenters. The summed E-state index contributed by atoms with van der Waals surface area (Å²) in [6.45, 7) is -0.542. The van der Waals surface area contributed by atoms with E-state index in [0.717, 1.165) is 24.8 Å². The number of amides is 1. The number of carbonyl (C=O) groups is 2. The minimum atomic E-state index is -3.83. The monoisotopic (exact) mass is 347 g/mol. The normalized spacial score (nSPS) is 26.8. The third-order valence-corrected chi connectivity index (χ3v) is 7.00. The lowest BCUT2D eigenvalue weighted by Gasteiger charge is -2.19. The lowest BCUT2D eigenvalue weighted by molar-refractivity contribution is -0.147. The lowest BCUT2D eigenvalue weighted by atomic mass is 9.98. The summed E-state index contributed by atoms with van der Waals surface area (Å²) in [7, 11) is -3.83. The predicted octanol–water partition coefficient (Wildman–Crippen LogP) is 1.59. The summed E-state index contributed by atoms with van der Waals surface area (Å²) >= 11 is 0. The second-order valence-electron chi connectivity index (χ2n) is 6.45. The molecule has 2 aliphatic carbocycles. The zero-order valence-corrected chi connectivity index (χ0v) is 13.8. The van der Waals surface area contributed by atoms with Crippen LogP contribution in [0.5, 0.6) is 0 Å². The van der Waals surface area contributed by atoms with Crippen LogP contribution in [0, 0.1) is 11.8 Å². The Morgan fingerprint density at radius 3 is 2.58 bits per heavy atom. The molecule has 3 aliphatic rings. The van der Waals surface area contributed by atoms with Gasteiger partial charge in [0, 0.05) is 5.57 Å². The van der Waals surface area contributed by atoms with Gasteiger partial charge >= 0.3 is 5.97 Å². The van der Waals surface area contributed by atoms with Gasteiger partial charge in [0.2, 0.25) is 0 Å². The standard InChI is InChI=1S/C17H17NO5S/c19-14(8-11-4-2-1-3-5-11)23-10-18-17(20)15-12-6-7-13(9-12)16(15)24(18,21)22/h1-5,12-13H,6-10H2. The fraction of sp³-hybridized carbons (Fsp3) is 0.412. The Labute approximate surface area is 140 Å². The van der Waals surface area contributed by atoms with Crippen LogP contribution in [0.3, 0.4) is 0 Å². The van der Waals surface area contributed by atoms with Gasteiger partial charge in [-0.25, -0.2) is 8.42 Å². The highest BCUT2D eigenvalue weighted by Gasteiger charge is 2.55. The summed E-state index contributed by atoms with van der Waals surface area (Å²) in [5.74, 6) is -1.05. The first-order valence-electron chi connectivity index (χ1n) is 7.99. The summed E-state index contributed by atoms with van der Waals surface area (Å²) in [5, 5.41) is 0. The van der Waals surface area contributed by atoms with Gasteiger partial charge in [-0.15, -0.1) is 0 Å². The number of fused-ring (bicyclic) bond motifs is 4. The zero-order valence-electron chi connectivity index (χ0n) is 13.0. The molecule has 0 saturated heterocycles. The Kier molecular flexibility index (Phi) is 3.49. The Balaban J connectivity index is 1.45. The molecular formula is C17H17NO5S. The van der Waals surface area contributed by atoms with Crippen LogP contribution in [0.15, 0.2) is 40.8 Å². The zero-order chi connectivity index (χ0) is 16.9. The van der Waals surface area contributed by atoms with Crippen molar-refractivity contribution in [1.82, 2.24) is 4.31 Å². The van der Waals surface area contributed by atoms with E-state index in [2.05, 4.69) is 0 Å². The highest BCUT2D eigenvalue weighted by molar-refractivity contribution is 7.94. The van der Waals surface area contributed by atoms with Gasteiger partial charge in [-0.1, -0.05) is 30.3 Å². The fourth-order valence-electron chi connectivity index (χ4n) is 3.97. The van der Waals surface area contributed by atoms with Crippen molar-refractivity contribution in [3.05, 3.63) is 46.4 Å². The van der Waals surface area contributed by atoms with Gasteiger partial charge in [0.1, 0.15) is 0 Å². The van der Waals surface area contributed by atoms with Crippen LogP contribution in [0.1, 0.15) is 24.8 Å². The van der Waals surface area contributed by atoms with Crippen molar-refractivity contribution in [1.29, 1.82) is 0 Å². The van der Waals surface area contributed by atoms with E-state index in [9.17, 15) is 18.0 Å². The summed E-state index contributed by atoms with van der Waals surface area (Å²) in [5.41, 5.74) is 1.21. The molecule has 1 aromatic rings. The SMILES string of the molecule is O=C(Cc1ccccc1)OCN1C(=O)C2=C(C3CCC2C3)S1(=O)=O. The molecule has 1 amide bonds. The molecule has 4 rings (SSSR count). The molecule has 1 fully saturated rings. The summed E-state index contributed by atoms with van der Waals surface area (Å²) in [6, 6.07) is 9.02. The molecule has 7 heteroatoms. The third-order valence-electron chi connectivity index (χ3n) is 5.04. The van der Waals surface area contributed by atoms with Gasteiger partial charge in [-0.05, 0) is 36.7 Å². The van der Waals surface area contributed by atoms with E-state index in [-0.39, 0.29) is 23.2 Å². The third kappa shape index (κ3) is 2.26. The minimum absolute atomic E-state index is 0.0380. The number of benzene rings is 1. The van der Waals surface area contributed by atoms with Crippen molar-refractivity contribution in [3.63, 3.8) is 0 Å². The number of hydrogen-bond acceptors (Lipinski definition) is 5. The lowest BCUT2D eigenvalue weighted by Crippen LogP contribution is -2.36. The largest absolute Gasteiger partial charge is 0.443 e. The number of rotatable bonds is 4. The Bertz CT molecular complexity index is 843. The van der Waals surface area contributed by atoms with Crippen LogP contribution in [0.4, 0.5) is 0 Å². The molecule has 1 aliphatic heterocycles. The maximum Gasteiger partial charge on any atom is 0.312 e. The molecule has 1 heterocycles. The van der Waals surface area contributed by atoms with Crippen LogP contribution < -0.4 is 0 Å². The number of allylic oxidation sites excluding steroid dienone is 1. The second-order valence-corrected chi connectivity index (χ2v) is 8.28. The molecule has 24 heavy (non-hydrogen) atoms. The van der Waals surface area contributed by atoms with Crippen molar-refractivity contribution >= 4 is 21.9 Å². The first-order chi connectivity index (χ1) is 11.5. The molecule has 2 bridgehead atoms. The highest BCUT2D eigenvalue weighted by atomic mass is 32.2. The van der Waals surface area contributed by atoms with Gasteiger partial charge in [-0.3, -0.25) is 9.59 Å². The quantitative estimate of drug-likeness (QED) is 0.773. The van der Waals surface area contributed by atoms with E-state index in [4.69, 9.17) is 4.74 Å². The van der Waals surface area contributed by atoms with Crippen LogP contribution in [-0.2, 0) is 30.8 Å². The van der Waals surface area contributed by atoms with E-state index in [1.807, 2.05) is 6.07 Å². The first-order valence-corrected chi connectivity index (χ1v) is 9.43. The van der Waals surface area contributed by atoms with Crippen LogP contribution in [-0.4, -0.2) is 31.3 Å². The van der Waals surface area contributed by atoms with Gasteiger partial charge in [-0.2, -0.15) is 4.31 Å². The molecule has 0 aromatic heterocycles. The van der Waals surface area contributed by atoms with E-state index in [1.165, 1.54) is 0 Å². The molecule has 0 radical (unpaired) electrons. The van der Waals surface area contributed by atoms with Crippen molar-refractivity contribution in [3.8, 4) is 0 Å². The van der Waals surface area contributed by atoms with Gasteiger partial charge < -0.3 is 4.74 Å². The maximum absolute atomic E-state index is 12.6. The summed E-state index contributed by atoms with van der Waals surface area (Å²) < 4.78 is 31.0. The molecule has 1 saturated carbocycles. The van der Waals surface area contributed by atoms with E-state index >= 15 is 0 Å². The fourth-order valence-corrected chi connectivity index (χ4v) is 5.88. The Morgan fingerprint density at radius 2 is 1.88 bits per heavy atom. The molecule has 0 N–H and O–H groups in total. The molecule has 6 nitrogen and oxygen atoms in total.